The highest BCUT2D eigenvalue weighted by atomic mass is 32.1. The summed E-state index contributed by atoms with van der Waals surface area (Å²) in [4.78, 5) is 31.3. The van der Waals surface area contributed by atoms with Crippen molar-refractivity contribution in [1.82, 2.24) is 9.47 Å². The molecule has 1 aromatic rings. The molecule has 26 heavy (non-hydrogen) atoms. The number of nitrogens with zero attached hydrogens (tertiary/aromatic N) is 3. The SMILES string of the molecule is C=CCOC(=O)N=c1sc(C2CCN(C(=O)OC(C)(C)C)CC2)cn1C. The molecule has 0 bridgehead atoms. The Morgan fingerprint density at radius 2 is 2.04 bits per heavy atom. The number of thiazole rings is 1. The van der Waals surface area contributed by atoms with E-state index >= 15 is 0 Å². The fourth-order valence-corrected chi connectivity index (χ4v) is 3.79. The minimum atomic E-state index is -0.617. The number of aromatic nitrogens is 1. The Morgan fingerprint density at radius 3 is 2.62 bits per heavy atom. The van der Waals surface area contributed by atoms with Gasteiger partial charge in [0.25, 0.3) is 0 Å². The van der Waals surface area contributed by atoms with Crippen LogP contribution in [0.1, 0.15) is 44.4 Å². The molecule has 8 heteroatoms. The summed E-state index contributed by atoms with van der Waals surface area (Å²) in [5.74, 6) is 0.345. The number of likely N-dealkylation sites (tertiary alicyclic amines) is 1. The third kappa shape index (κ3) is 5.72. The summed E-state index contributed by atoms with van der Waals surface area (Å²) in [7, 11) is 1.86. The molecule has 1 fully saturated rings. The highest BCUT2D eigenvalue weighted by Crippen LogP contribution is 2.30. The van der Waals surface area contributed by atoms with E-state index in [2.05, 4.69) is 11.6 Å². The molecule has 0 spiro atoms. The van der Waals surface area contributed by atoms with Gasteiger partial charge in [-0.05, 0) is 39.5 Å². The maximum Gasteiger partial charge on any atom is 0.436 e. The second kappa shape index (κ2) is 8.53. The van der Waals surface area contributed by atoms with Crippen molar-refractivity contribution < 1.29 is 19.1 Å². The minimum absolute atomic E-state index is 0.146. The molecular formula is C18H27N3O4S. The number of piperidine rings is 1. The van der Waals surface area contributed by atoms with Crippen LogP contribution in [-0.4, -0.2) is 47.0 Å². The molecule has 0 radical (unpaired) electrons. The molecule has 2 rings (SSSR count). The molecule has 0 N–H and O–H groups in total. The van der Waals surface area contributed by atoms with E-state index in [9.17, 15) is 9.59 Å². The normalized spacial score (nSPS) is 16.5. The van der Waals surface area contributed by atoms with Gasteiger partial charge in [0, 0.05) is 31.2 Å². The second-order valence-electron chi connectivity index (χ2n) is 7.25. The summed E-state index contributed by atoms with van der Waals surface area (Å²) in [5, 5.41) is 0. The number of amides is 2. The van der Waals surface area contributed by atoms with Gasteiger partial charge in [0.05, 0.1) is 0 Å². The minimum Gasteiger partial charge on any atom is -0.444 e. The van der Waals surface area contributed by atoms with Crippen molar-refractivity contribution in [2.24, 2.45) is 12.0 Å². The highest BCUT2D eigenvalue weighted by Gasteiger charge is 2.28. The van der Waals surface area contributed by atoms with Crippen LogP contribution in [0.5, 0.6) is 0 Å². The zero-order chi connectivity index (χ0) is 19.3. The van der Waals surface area contributed by atoms with E-state index in [0.29, 0.717) is 23.8 Å². The quantitative estimate of drug-likeness (QED) is 0.752. The maximum absolute atomic E-state index is 12.2. The van der Waals surface area contributed by atoms with Crippen LogP contribution in [0.4, 0.5) is 9.59 Å². The van der Waals surface area contributed by atoms with Crippen molar-refractivity contribution in [2.45, 2.75) is 45.1 Å². The van der Waals surface area contributed by atoms with Crippen LogP contribution in [0.25, 0.3) is 0 Å². The summed E-state index contributed by atoms with van der Waals surface area (Å²) in [6, 6.07) is 0. The first kappa shape index (κ1) is 20.2. The van der Waals surface area contributed by atoms with Crippen molar-refractivity contribution in [3.8, 4) is 0 Å². The Morgan fingerprint density at radius 1 is 1.38 bits per heavy atom. The smallest absolute Gasteiger partial charge is 0.436 e. The number of aryl methyl sites for hydroxylation is 1. The fraction of sp³-hybridized carbons (Fsp3) is 0.611. The molecule has 144 valence electrons. The topological polar surface area (TPSA) is 73.1 Å². The monoisotopic (exact) mass is 381 g/mol. The Balaban J connectivity index is 1.99. The lowest BCUT2D eigenvalue weighted by Gasteiger charge is -2.33. The van der Waals surface area contributed by atoms with E-state index in [-0.39, 0.29) is 12.7 Å². The summed E-state index contributed by atoms with van der Waals surface area (Å²) in [6.45, 7) is 10.6. The number of hydrogen-bond acceptors (Lipinski definition) is 5. The Kier molecular flexibility index (Phi) is 6.63. The van der Waals surface area contributed by atoms with Crippen LogP contribution in [0.2, 0.25) is 0 Å². The van der Waals surface area contributed by atoms with Crippen LogP contribution in [0, 0.1) is 0 Å². The molecule has 0 saturated carbocycles. The summed E-state index contributed by atoms with van der Waals surface area (Å²) in [6.07, 6.45) is 4.35. The zero-order valence-corrected chi connectivity index (χ0v) is 16.7. The van der Waals surface area contributed by atoms with Gasteiger partial charge in [0.15, 0.2) is 4.80 Å². The molecule has 1 aliphatic heterocycles. The van der Waals surface area contributed by atoms with Gasteiger partial charge in [-0.25, -0.2) is 9.59 Å². The summed E-state index contributed by atoms with van der Waals surface area (Å²) < 4.78 is 12.2. The zero-order valence-electron chi connectivity index (χ0n) is 15.9. The molecule has 1 aliphatic rings. The van der Waals surface area contributed by atoms with Crippen LogP contribution >= 0.6 is 11.3 Å². The molecule has 0 unspecified atom stereocenters. The van der Waals surface area contributed by atoms with Crippen molar-refractivity contribution in [3.63, 3.8) is 0 Å². The first-order valence-electron chi connectivity index (χ1n) is 8.66. The van der Waals surface area contributed by atoms with Gasteiger partial charge in [-0.3, -0.25) is 0 Å². The van der Waals surface area contributed by atoms with E-state index < -0.39 is 11.7 Å². The van der Waals surface area contributed by atoms with Crippen molar-refractivity contribution in [3.05, 3.63) is 28.5 Å². The lowest BCUT2D eigenvalue weighted by molar-refractivity contribution is 0.0205. The predicted octanol–water partition coefficient (Wildman–Crippen LogP) is 3.42. The number of hydrogen-bond donors (Lipinski definition) is 0. The van der Waals surface area contributed by atoms with E-state index in [0.717, 1.165) is 17.7 Å². The average molecular weight is 381 g/mol. The van der Waals surface area contributed by atoms with E-state index in [1.165, 1.54) is 17.4 Å². The molecule has 0 aliphatic carbocycles. The van der Waals surface area contributed by atoms with Crippen LogP contribution in [0.15, 0.2) is 23.8 Å². The Hall–Kier alpha value is -2.09. The Labute approximate surface area is 157 Å². The summed E-state index contributed by atoms with van der Waals surface area (Å²) >= 11 is 1.48. The molecule has 1 saturated heterocycles. The van der Waals surface area contributed by atoms with E-state index in [1.807, 2.05) is 38.6 Å². The van der Waals surface area contributed by atoms with Gasteiger partial charge in [0.1, 0.15) is 12.2 Å². The van der Waals surface area contributed by atoms with Gasteiger partial charge in [0.2, 0.25) is 0 Å². The van der Waals surface area contributed by atoms with Crippen LogP contribution in [-0.2, 0) is 16.5 Å². The van der Waals surface area contributed by atoms with E-state index in [4.69, 9.17) is 9.47 Å². The number of carbonyl (C=O) groups is 2. The van der Waals surface area contributed by atoms with Crippen LogP contribution in [0.3, 0.4) is 0 Å². The van der Waals surface area contributed by atoms with Gasteiger partial charge in [-0.15, -0.1) is 16.3 Å². The van der Waals surface area contributed by atoms with Gasteiger partial charge >= 0.3 is 12.2 Å². The molecular weight excluding hydrogens is 354 g/mol. The second-order valence-corrected chi connectivity index (χ2v) is 8.29. The van der Waals surface area contributed by atoms with Crippen LogP contribution < -0.4 is 4.80 Å². The Bertz CT molecular complexity index is 722. The largest absolute Gasteiger partial charge is 0.444 e. The third-order valence-electron chi connectivity index (χ3n) is 3.89. The summed E-state index contributed by atoms with van der Waals surface area (Å²) in [5.41, 5.74) is -0.480. The lowest BCUT2D eigenvalue weighted by atomic mass is 9.96. The highest BCUT2D eigenvalue weighted by molar-refractivity contribution is 7.09. The fourth-order valence-electron chi connectivity index (χ4n) is 2.65. The predicted molar refractivity (Wildman–Crippen MR) is 100 cm³/mol. The first-order chi connectivity index (χ1) is 12.2. The van der Waals surface area contributed by atoms with Gasteiger partial charge < -0.3 is 18.9 Å². The molecule has 7 nitrogen and oxygen atoms in total. The molecule has 2 amide bonds. The maximum atomic E-state index is 12.2. The van der Waals surface area contributed by atoms with E-state index in [1.54, 1.807) is 4.90 Å². The van der Waals surface area contributed by atoms with Crippen molar-refractivity contribution in [1.29, 1.82) is 0 Å². The standard InChI is InChI=1S/C18H27N3O4S/c1-6-11-24-16(22)19-15-20(5)12-14(26-15)13-7-9-21(10-8-13)17(23)25-18(2,3)4/h6,12-13H,1,7-11H2,2-5H3. The van der Waals surface area contributed by atoms with Gasteiger partial charge in [-0.1, -0.05) is 12.7 Å². The first-order valence-corrected chi connectivity index (χ1v) is 9.48. The number of ether oxygens (including phenoxy) is 2. The van der Waals surface area contributed by atoms with Gasteiger partial charge in [-0.2, -0.15) is 0 Å². The molecule has 1 aromatic heterocycles. The van der Waals surface area contributed by atoms with Crippen molar-refractivity contribution in [2.75, 3.05) is 19.7 Å². The third-order valence-corrected chi connectivity index (χ3v) is 5.13. The van der Waals surface area contributed by atoms with Crippen molar-refractivity contribution >= 4 is 23.5 Å². The molecule has 0 atom stereocenters. The average Bonchev–Trinajstić information content (AvgIpc) is 2.92. The number of rotatable bonds is 3. The molecule has 2 heterocycles. The lowest BCUT2D eigenvalue weighted by Crippen LogP contribution is -2.41. The number of carbonyl (C=O) groups excluding carboxylic acids is 2. The molecule has 0 aromatic carbocycles.